The fourth-order valence-electron chi connectivity index (χ4n) is 2.98. The number of aliphatic hydroxyl groups excluding tert-OH is 1. The lowest BCUT2D eigenvalue weighted by Gasteiger charge is -2.24. The van der Waals surface area contributed by atoms with Gasteiger partial charge in [0.15, 0.2) is 11.6 Å². The first-order valence-electron chi connectivity index (χ1n) is 7.43. The van der Waals surface area contributed by atoms with E-state index in [2.05, 4.69) is 4.98 Å². The lowest BCUT2D eigenvalue weighted by molar-refractivity contribution is 0.172. The molecule has 0 radical (unpaired) electrons. The summed E-state index contributed by atoms with van der Waals surface area (Å²) < 4.78 is 31.6. The van der Waals surface area contributed by atoms with E-state index in [4.69, 9.17) is 4.74 Å². The first kappa shape index (κ1) is 15.8. The Labute approximate surface area is 133 Å². The number of β-amino-alcohol motifs (C(OH)–C–C–N with tert-alkyl or cyclic N) is 1. The maximum atomic E-state index is 13.5. The summed E-state index contributed by atoms with van der Waals surface area (Å²) in [4.78, 5) is 6.20. The van der Waals surface area contributed by atoms with Crippen LogP contribution in [-0.4, -0.2) is 34.7 Å². The Morgan fingerprint density at radius 2 is 2.09 bits per heavy atom. The van der Waals surface area contributed by atoms with Gasteiger partial charge in [-0.2, -0.15) is 0 Å². The average Bonchev–Trinajstić information content (AvgIpc) is 2.91. The smallest absolute Gasteiger partial charge is 0.212 e. The van der Waals surface area contributed by atoms with Crippen LogP contribution in [0.5, 0.6) is 5.88 Å². The van der Waals surface area contributed by atoms with Crippen molar-refractivity contribution in [3.8, 4) is 5.88 Å². The van der Waals surface area contributed by atoms with Gasteiger partial charge in [0.05, 0.1) is 13.2 Å². The van der Waals surface area contributed by atoms with E-state index >= 15 is 0 Å². The molecule has 3 rings (SSSR count). The van der Waals surface area contributed by atoms with Gasteiger partial charge in [-0.15, -0.1) is 0 Å². The number of ether oxygens (including phenoxy) is 1. The summed E-state index contributed by atoms with van der Waals surface area (Å²) in [7, 11) is 1.55. The largest absolute Gasteiger partial charge is 0.481 e. The molecule has 0 aliphatic carbocycles. The highest BCUT2D eigenvalue weighted by Crippen LogP contribution is 2.34. The fraction of sp³-hybridized carbons (Fsp3) is 0.353. The molecule has 1 fully saturated rings. The molecule has 0 amide bonds. The van der Waals surface area contributed by atoms with Crippen molar-refractivity contribution in [2.45, 2.75) is 25.1 Å². The van der Waals surface area contributed by atoms with Crippen LogP contribution in [0.1, 0.15) is 23.6 Å². The minimum Gasteiger partial charge on any atom is -0.481 e. The van der Waals surface area contributed by atoms with Gasteiger partial charge in [0.2, 0.25) is 5.88 Å². The molecular weight excluding hydrogens is 302 g/mol. The molecule has 1 N–H and O–H groups in total. The zero-order chi connectivity index (χ0) is 16.4. The average molecular weight is 320 g/mol. The summed E-state index contributed by atoms with van der Waals surface area (Å²) in [5, 5.41) is 9.97. The van der Waals surface area contributed by atoms with Crippen LogP contribution in [0.15, 0.2) is 36.5 Å². The normalized spacial score (nSPS) is 21.6. The maximum absolute atomic E-state index is 13.5. The number of rotatable bonds is 4. The molecule has 1 aliphatic rings. The lowest BCUT2D eigenvalue weighted by atomic mass is 10.0. The molecule has 1 saturated heterocycles. The zero-order valence-electron chi connectivity index (χ0n) is 12.7. The van der Waals surface area contributed by atoms with E-state index in [-0.39, 0.29) is 6.04 Å². The van der Waals surface area contributed by atoms with Gasteiger partial charge in [-0.3, -0.25) is 4.90 Å². The highest BCUT2D eigenvalue weighted by Gasteiger charge is 2.32. The van der Waals surface area contributed by atoms with Crippen molar-refractivity contribution in [1.82, 2.24) is 9.88 Å². The molecule has 2 aromatic rings. The molecule has 4 nitrogen and oxygen atoms in total. The molecule has 122 valence electrons. The van der Waals surface area contributed by atoms with Gasteiger partial charge in [0.25, 0.3) is 0 Å². The van der Waals surface area contributed by atoms with Crippen molar-refractivity contribution >= 4 is 0 Å². The van der Waals surface area contributed by atoms with E-state index in [0.717, 1.165) is 11.6 Å². The van der Waals surface area contributed by atoms with Crippen molar-refractivity contribution in [2.75, 3.05) is 13.7 Å². The fourth-order valence-corrected chi connectivity index (χ4v) is 2.98. The van der Waals surface area contributed by atoms with Crippen LogP contribution in [0, 0.1) is 11.6 Å². The molecule has 23 heavy (non-hydrogen) atoms. The highest BCUT2D eigenvalue weighted by atomic mass is 19.2. The van der Waals surface area contributed by atoms with E-state index in [0.29, 0.717) is 31.0 Å². The number of halogens is 2. The van der Waals surface area contributed by atoms with E-state index < -0.39 is 17.7 Å². The van der Waals surface area contributed by atoms with Crippen molar-refractivity contribution in [3.05, 3.63) is 59.3 Å². The summed E-state index contributed by atoms with van der Waals surface area (Å²) in [6.07, 6.45) is 1.72. The molecule has 1 aromatic carbocycles. The number of pyridine rings is 1. The van der Waals surface area contributed by atoms with Crippen LogP contribution in [0.2, 0.25) is 0 Å². The number of benzene rings is 1. The molecule has 1 aliphatic heterocycles. The predicted molar refractivity (Wildman–Crippen MR) is 80.9 cm³/mol. The van der Waals surface area contributed by atoms with E-state index in [1.165, 1.54) is 6.07 Å². The molecular formula is C17H18F2N2O2. The molecule has 0 spiro atoms. The predicted octanol–water partition coefficient (Wildman–Crippen LogP) is 2.68. The quantitative estimate of drug-likeness (QED) is 0.941. The van der Waals surface area contributed by atoms with E-state index in [9.17, 15) is 13.9 Å². The minimum absolute atomic E-state index is 0.151. The molecule has 1 aromatic heterocycles. The second-order valence-corrected chi connectivity index (χ2v) is 5.72. The van der Waals surface area contributed by atoms with Crippen LogP contribution in [-0.2, 0) is 6.54 Å². The summed E-state index contributed by atoms with van der Waals surface area (Å²) >= 11 is 0. The third-order valence-electron chi connectivity index (χ3n) is 4.10. The Hall–Kier alpha value is -2.05. The number of hydrogen-bond acceptors (Lipinski definition) is 4. The molecule has 0 unspecified atom stereocenters. The van der Waals surface area contributed by atoms with Crippen LogP contribution in [0.4, 0.5) is 8.78 Å². The summed E-state index contributed by atoms with van der Waals surface area (Å²) in [6, 6.07) is 7.43. The van der Waals surface area contributed by atoms with E-state index in [1.807, 2.05) is 11.0 Å². The van der Waals surface area contributed by atoms with Gasteiger partial charge < -0.3 is 9.84 Å². The Balaban J connectivity index is 1.79. The number of hydrogen-bond donors (Lipinski definition) is 1. The monoisotopic (exact) mass is 320 g/mol. The summed E-state index contributed by atoms with van der Waals surface area (Å²) in [5.74, 6) is -1.19. The SMILES string of the molecule is COc1ccc(CN2C[C@@H](O)C[C@H]2c2ccc(F)c(F)c2)cn1. The molecule has 2 heterocycles. The van der Waals surface area contributed by atoms with Crippen LogP contribution >= 0.6 is 0 Å². The Bertz CT molecular complexity index is 679. The third-order valence-corrected chi connectivity index (χ3v) is 4.10. The standard InChI is InChI=1S/C17H18F2N2O2/c1-23-17-5-2-11(8-20-17)9-21-10-13(22)7-16(21)12-3-4-14(18)15(19)6-12/h2-6,8,13,16,22H,7,9-10H2,1H3/t13-,16-/m0/s1. The van der Waals surface area contributed by atoms with Crippen molar-refractivity contribution in [1.29, 1.82) is 0 Å². The van der Waals surface area contributed by atoms with Gasteiger partial charge in [0, 0.05) is 31.4 Å². The summed E-state index contributed by atoms with van der Waals surface area (Å²) in [5.41, 5.74) is 1.63. The number of aromatic nitrogens is 1. The first-order valence-corrected chi connectivity index (χ1v) is 7.43. The zero-order valence-corrected chi connectivity index (χ0v) is 12.7. The minimum atomic E-state index is -0.866. The Morgan fingerprint density at radius 3 is 2.74 bits per heavy atom. The summed E-state index contributed by atoms with van der Waals surface area (Å²) in [6.45, 7) is 1.05. The number of aliphatic hydroxyl groups is 1. The number of likely N-dealkylation sites (tertiary alicyclic amines) is 1. The molecule has 0 bridgehead atoms. The van der Waals surface area contributed by atoms with Gasteiger partial charge in [-0.25, -0.2) is 13.8 Å². The highest BCUT2D eigenvalue weighted by molar-refractivity contribution is 5.24. The van der Waals surface area contributed by atoms with Crippen molar-refractivity contribution in [3.63, 3.8) is 0 Å². The number of nitrogens with zero attached hydrogens (tertiary/aromatic N) is 2. The topological polar surface area (TPSA) is 45.6 Å². The van der Waals surface area contributed by atoms with Gasteiger partial charge in [-0.05, 0) is 29.7 Å². The molecule has 0 saturated carbocycles. The van der Waals surface area contributed by atoms with Crippen LogP contribution in [0.3, 0.4) is 0 Å². The van der Waals surface area contributed by atoms with Crippen molar-refractivity contribution in [2.24, 2.45) is 0 Å². The maximum Gasteiger partial charge on any atom is 0.212 e. The van der Waals surface area contributed by atoms with Gasteiger partial charge >= 0.3 is 0 Å². The Kier molecular flexibility index (Phi) is 4.54. The van der Waals surface area contributed by atoms with Crippen LogP contribution < -0.4 is 4.74 Å². The van der Waals surface area contributed by atoms with Crippen LogP contribution in [0.25, 0.3) is 0 Å². The third kappa shape index (κ3) is 3.48. The second-order valence-electron chi connectivity index (χ2n) is 5.72. The first-order chi connectivity index (χ1) is 11.1. The molecule has 2 atom stereocenters. The molecule has 6 heteroatoms. The lowest BCUT2D eigenvalue weighted by Crippen LogP contribution is -2.24. The number of methoxy groups -OCH3 is 1. The Morgan fingerprint density at radius 1 is 1.26 bits per heavy atom. The van der Waals surface area contributed by atoms with Gasteiger partial charge in [-0.1, -0.05) is 12.1 Å². The second kappa shape index (κ2) is 6.60. The van der Waals surface area contributed by atoms with Gasteiger partial charge in [0.1, 0.15) is 0 Å². The van der Waals surface area contributed by atoms with E-state index in [1.54, 1.807) is 25.4 Å². The van der Waals surface area contributed by atoms with Crippen molar-refractivity contribution < 1.29 is 18.6 Å².